The van der Waals surface area contributed by atoms with E-state index in [1.807, 2.05) is 18.2 Å². The van der Waals surface area contributed by atoms with Crippen LogP contribution in [0.25, 0.3) is 0 Å². The maximum atomic E-state index is 5.80. The maximum absolute atomic E-state index is 5.80. The molecule has 0 bridgehead atoms. The van der Waals surface area contributed by atoms with Crippen molar-refractivity contribution in [2.45, 2.75) is 37.8 Å². The number of nitrogens with one attached hydrogen (secondary N) is 1. The fourth-order valence-electron chi connectivity index (χ4n) is 3.34. The summed E-state index contributed by atoms with van der Waals surface area (Å²) in [5.41, 5.74) is 6.99. The van der Waals surface area contributed by atoms with Gasteiger partial charge in [-0.25, -0.2) is 0 Å². The van der Waals surface area contributed by atoms with Crippen molar-refractivity contribution >= 4 is 5.84 Å². The summed E-state index contributed by atoms with van der Waals surface area (Å²) in [5, 5.41) is 3.60. The van der Waals surface area contributed by atoms with Gasteiger partial charge in [0.15, 0.2) is 0 Å². The molecule has 0 saturated heterocycles. The topological polar surface area (TPSA) is 59.6 Å². The van der Waals surface area contributed by atoms with E-state index in [2.05, 4.69) is 11.4 Å². The molecule has 1 aliphatic carbocycles. The van der Waals surface area contributed by atoms with Crippen molar-refractivity contribution in [2.24, 2.45) is 16.6 Å². The van der Waals surface area contributed by atoms with Crippen LogP contribution >= 0.6 is 0 Å². The predicted octanol–water partition coefficient (Wildman–Crippen LogP) is 1.74. The number of fused-ring (bicyclic) bond motifs is 1. The van der Waals surface area contributed by atoms with Crippen LogP contribution in [0.5, 0.6) is 5.75 Å². The van der Waals surface area contributed by atoms with E-state index in [-0.39, 0.29) is 0 Å². The van der Waals surface area contributed by atoms with Gasteiger partial charge in [0.2, 0.25) is 0 Å². The predicted molar refractivity (Wildman–Crippen MR) is 81.2 cm³/mol. The highest BCUT2D eigenvalue weighted by molar-refractivity contribution is 5.87. The summed E-state index contributed by atoms with van der Waals surface area (Å²) in [7, 11) is 1.72. The minimum absolute atomic E-state index is 0.447. The zero-order valence-electron chi connectivity index (χ0n) is 12.0. The average Bonchev–Trinajstić information content (AvgIpc) is 2.89. The first-order valence-electron chi connectivity index (χ1n) is 7.45. The lowest BCUT2D eigenvalue weighted by Gasteiger charge is -2.29. The summed E-state index contributed by atoms with van der Waals surface area (Å²) in [6, 6.07) is 9.09. The molecule has 0 aromatic heterocycles. The zero-order chi connectivity index (χ0) is 13.9. The van der Waals surface area contributed by atoms with Gasteiger partial charge in [-0.3, -0.25) is 4.99 Å². The van der Waals surface area contributed by atoms with Crippen LogP contribution in [0.15, 0.2) is 29.3 Å². The first-order chi connectivity index (χ1) is 9.80. The number of amidine groups is 1. The van der Waals surface area contributed by atoms with Crippen molar-refractivity contribution in [3.8, 4) is 5.75 Å². The third-order valence-corrected chi connectivity index (χ3v) is 4.48. The Morgan fingerprint density at radius 2 is 2.20 bits per heavy atom. The molecule has 1 saturated carbocycles. The summed E-state index contributed by atoms with van der Waals surface area (Å²) in [4.78, 5) is 4.86. The molecule has 2 aliphatic rings. The van der Waals surface area contributed by atoms with E-state index in [9.17, 15) is 0 Å². The number of hydrogen-bond donors (Lipinski definition) is 2. The van der Waals surface area contributed by atoms with Crippen LogP contribution in [-0.2, 0) is 6.42 Å². The Kier molecular flexibility index (Phi) is 3.92. The van der Waals surface area contributed by atoms with Crippen LogP contribution in [-0.4, -0.2) is 31.6 Å². The number of para-hydroxylation sites is 1. The third-order valence-electron chi connectivity index (χ3n) is 4.48. The van der Waals surface area contributed by atoms with E-state index in [4.69, 9.17) is 15.5 Å². The standard InChI is InChI=1S/C16H23N3O/c1-20-15-5-3-2-4-12(15)9-16-18-13-7-6-11(10-17)8-14(13)19-16/h2-5,11,13-14H,6-10,17H2,1H3,(H,18,19). The molecule has 1 aromatic rings. The second-order valence-corrected chi connectivity index (χ2v) is 5.80. The molecule has 0 amide bonds. The highest BCUT2D eigenvalue weighted by Crippen LogP contribution is 2.29. The smallest absolute Gasteiger partial charge is 0.122 e. The molecule has 0 spiro atoms. The van der Waals surface area contributed by atoms with Crippen LogP contribution in [0.2, 0.25) is 0 Å². The Labute approximate surface area is 120 Å². The van der Waals surface area contributed by atoms with Crippen molar-refractivity contribution in [3.05, 3.63) is 29.8 Å². The van der Waals surface area contributed by atoms with Crippen LogP contribution < -0.4 is 15.8 Å². The largest absolute Gasteiger partial charge is 0.496 e. The van der Waals surface area contributed by atoms with E-state index in [1.165, 1.54) is 12.0 Å². The Morgan fingerprint density at radius 1 is 1.35 bits per heavy atom. The molecule has 3 atom stereocenters. The minimum atomic E-state index is 0.447. The summed E-state index contributed by atoms with van der Waals surface area (Å²) in [6.45, 7) is 0.798. The van der Waals surface area contributed by atoms with Gasteiger partial charge in [-0.05, 0) is 37.8 Å². The molecule has 1 fully saturated rings. The number of rotatable bonds is 4. The van der Waals surface area contributed by atoms with Crippen LogP contribution in [0.1, 0.15) is 24.8 Å². The van der Waals surface area contributed by atoms with E-state index >= 15 is 0 Å². The van der Waals surface area contributed by atoms with Crippen molar-refractivity contribution in [1.29, 1.82) is 0 Å². The highest BCUT2D eigenvalue weighted by Gasteiger charge is 2.34. The van der Waals surface area contributed by atoms with Gasteiger partial charge in [-0.2, -0.15) is 0 Å². The molecule has 1 aliphatic heterocycles. The molecule has 1 heterocycles. The zero-order valence-corrected chi connectivity index (χ0v) is 12.0. The van der Waals surface area contributed by atoms with Gasteiger partial charge in [-0.15, -0.1) is 0 Å². The molecule has 3 N–H and O–H groups in total. The minimum Gasteiger partial charge on any atom is -0.496 e. The summed E-state index contributed by atoms with van der Waals surface area (Å²) in [6.07, 6.45) is 4.35. The lowest BCUT2D eigenvalue weighted by atomic mass is 9.83. The normalized spacial score (nSPS) is 28.5. The summed E-state index contributed by atoms with van der Waals surface area (Å²) in [5.74, 6) is 2.69. The molecule has 4 heteroatoms. The molecule has 108 valence electrons. The van der Waals surface area contributed by atoms with E-state index in [0.29, 0.717) is 18.0 Å². The molecule has 0 radical (unpaired) electrons. The quantitative estimate of drug-likeness (QED) is 0.878. The van der Waals surface area contributed by atoms with Crippen LogP contribution in [0, 0.1) is 5.92 Å². The fourth-order valence-corrected chi connectivity index (χ4v) is 3.34. The Morgan fingerprint density at radius 3 is 3.00 bits per heavy atom. The molecule has 20 heavy (non-hydrogen) atoms. The number of hydrogen-bond acceptors (Lipinski definition) is 4. The molecular formula is C16H23N3O. The number of nitrogens with zero attached hydrogens (tertiary/aromatic N) is 1. The first-order valence-corrected chi connectivity index (χ1v) is 7.45. The fraction of sp³-hybridized carbons (Fsp3) is 0.562. The second kappa shape index (κ2) is 5.83. The number of nitrogens with two attached hydrogens (primary N) is 1. The van der Waals surface area contributed by atoms with Gasteiger partial charge in [0.25, 0.3) is 0 Å². The first kappa shape index (κ1) is 13.4. The van der Waals surface area contributed by atoms with Crippen molar-refractivity contribution in [2.75, 3.05) is 13.7 Å². The number of ether oxygens (including phenoxy) is 1. The van der Waals surface area contributed by atoms with Crippen molar-refractivity contribution in [3.63, 3.8) is 0 Å². The SMILES string of the molecule is COc1ccccc1CC1=NC2CCC(CN)CC2N1. The van der Waals surface area contributed by atoms with E-state index in [1.54, 1.807) is 7.11 Å². The Bertz CT molecular complexity index is 500. The lowest BCUT2D eigenvalue weighted by Crippen LogP contribution is -2.41. The van der Waals surface area contributed by atoms with Crippen LogP contribution in [0.4, 0.5) is 0 Å². The molecule has 3 rings (SSSR count). The average molecular weight is 273 g/mol. The third kappa shape index (κ3) is 2.66. The summed E-state index contributed by atoms with van der Waals surface area (Å²) < 4.78 is 5.41. The van der Waals surface area contributed by atoms with Gasteiger partial charge in [0, 0.05) is 18.0 Å². The number of benzene rings is 1. The lowest BCUT2D eigenvalue weighted by molar-refractivity contribution is 0.294. The van der Waals surface area contributed by atoms with Gasteiger partial charge >= 0.3 is 0 Å². The molecular weight excluding hydrogens is 250 g/mol. The number of methoxy groups -OCH3 is 1. The van der Waals surface area contributed by atoms with E-state index < -0.39 is 0 Å². The van der Waals surface area contributed by atoms with Gasteiger partial charge in [-0.1, -0.05) is 18.2 Å². The van der Waals surface area contributed by atoms with Gasteiger partial charge < -0.3 is 15.8 Å². The maximum Gasteiger partial charge on any atom is 0.122 e. The van der Waals surface area contributed by atoms with Crippen LogP contribution in [0.3, 0.4) is 0 Å². The summed E-state index contributed by atoms with van der Waals surface area (Å²) >= 11 is 0. The number of aliphatic imine (C=N–C) groups is 1. The highest BCUT2D eigenvalue weighted by atomic mass is 16.5. The Balaban J connectivity index is 1.68. The van der Waals surface area contributed by atoms with Gasteiger partial charge in [0.05, 0.1) is 13.2 Å². The van der Waals surface area contributed by atoms with Gasteiger partial charge in [0.1, 0.15) is 11.6 Å². The van der Waals surface area contributed by atoms with Crippen molar-refractivity contribution in [1.82, 2.24) is 5.32 Å². The molecule has 1 aromatic carbocycles. The Hall–Kier alpha value is -1.55. The molecule has 3 unspecified atom stereocenters. The van der Waals surface area contributed by atoms with Crippen molar-refractivity contribution < 1.29 is 4.74 Å². The molecule has 4 nitrogen and oxygen atoms in total. The second-order valence-electron chi connectivity index (χ2n) is 5.80. The monoisotopic (exact) mass is 273 g/mol. The van der Waals surface area contributed by atoms with E-state index in [0.717, 1.165) is 37.4 Å².